The van der Waals surface area contributed by atoms with Gasteiger partial charge in [0.25, 0.3) is 0 Å². The molecule has 1 fully saturated rings. The average Bonchev–Trinajstić information content (AvgIpc) is 2.91. The summed E-state index contributed by atoms with van der Waals surface area (Å²) in [6.07, 6.45) is 23.7. The van der Waals surface area contributed by atoms with Gasteiger partial charge in [0.2, 0.25) is 0 Å². The Morgan fingerprint density at radius 2 is 1.09 bits per heavy atom. The molecular weight excluding hydrogens is 424 g/mol. The van der Waals surface area contributed by atoms with Crippen molar-refractivity contribution in [1.82, 2.24) is 0 Å². The summed E-state index contributed by atoms with van der Waals surface area (Å²) in [7, 11) is 0. The molecule has 0 bridgehead atoms. The van der Waals surface area contributed by atoms with Gasteiger partial charge < -0.3 is 4.74 Å². The SMILES string of the molecule is CCCCCCCCCCCC1CCC(c2ccc(-c3ccc(OCCCCC)cc3)cc2)CC1. The van der Waals surface area contributed by atoms with Crippen molar-refractivity contribution in [3.63, 3.8) is 0 Å². The maximum absolute atomic E-state index is 5.86. The monoisotopic (exact) mass is 476 g/mol. The lowest BCUT2D eigenvalue weighted by atomic mass is 9.77. The lowest BCUT2D eigenvalue weighted by Gasteiger charge is -2.29. The van der Waals surface area contributed by atoms with E-state index in [-0.39, 0.29) is 0 Å². The number of hydrogen-bond acceptors (Lipinski definition) is 1. The second-order valence-electron chi connectivity index (χ2n) is 11.0. The number of benzene rings is 2. The third kappa shape index (κ3) is 10.4. The molecule has 0 amide bonds. The summed E-state index contributed by atoms with van der Waals surface area (Å²) in [5.74, 6) is 2.74. The first-order valence-electron chi connectivity index (χ1n) is 15.1. The Balaban J connectivity index is 1.32. The molecule has 1 aliphatic rings. The van der Waals surface area contributed by atoms with Crippen molar-refractivity contribution in [2.75, 3.05) is 6.61 Å². The summed E-state index contributed by atoms with van der Waals surface area (Å²) in [6, 6.07) is 18.0. The summed E-state index contributed by atoms with van der Waals surface area (Å²) in [5, 5.41) is 0. The van der Waals surface area contributed by atoms with Crippen molar-refractivity contribution in [3.8, 4) is 16.9 Å². The van der Waals surface area contributed by atoms with E-state index in [1.54, 1.807) is 5.56 Å². The minimum Gasteiger partial charge on any atom is -0.494 e. The molecule has 0 spiro atoms. The molecular formula is C34H52O. The van der Waals surface area contributed by atoms with Crippen molar-refractivity contribution in [1.29, 1.82) is 0 Å². The molecule has 0 N–H and O–H groups in total. The van der Waals surface area contributed by atoms with Crippen molar-refractivity contribution >= 4 is 0 Å². The largest absolute Gasteiger partial charge is 0.494 e. The van der Waals surface area contributed by atoms with Gasteiger partial charge in [0.1, 0.15) is 5.75 Å². The summed E-state index contributed by atoms with van der Waals surface area (Å²) >= 11 is 0. The summed E-state index contributed by atoms with van der Waals surface area (Å²) in [4.78, 5) is 0. The van der Waals surface area contributed by atoms with E-state index < -0.39 is 0 Å². The van der Waals surface area contributed by atoms with Gasteiger partial charge >= 0.3 is 0 Å². The van der Waals surface area contributed by atoms with Crippen molar-refractivity contribution in [2.45, 2.75) is 129 Å². The van der Waals surface area contributed by atoms with Crippen LogP contribution in [0.1, 0.15) is 134 Å². The van der Waals surface area contributed by atoms with Crippen LogP contribution in [-0.4, -0.2) is 6.61 Å². The molecule has 1 nitrogen and oxygen atoms in total. The fourth-order valence-corrected chi connectivity index (χ4v) is 5.76. The van der Waals surface area contributed by atoms with Crippen LogP contribution in [0.15, 0.2) is 48.5 Å². The second kappa shape index (κ2) is 16.8. The summed E-state index contributed by atoms with van der Waals surface area (Å²) < 4.78 is 5.86. The van der Waals surface area contributed by atoms with Gasteiger partial charge in [-0.2, -0.15) is 0 Å². The molecule has 2 aromatic carbocycles. The van der Waals surface area contributed by atoms with Gasteiger partial charge in [-0.1, -0.05) is 127 Å². The Labute approximate surface area is 217 Å². The van der Waals surface area contributed by atoms with Crippen LogP contribution < -0.4 is 4.74 Å². The average molecular weight is 477 g/mol. The lowest BCUT2D eigenvalue weighted by Crippen LogP contribution is -2.13. The number of unbranched alkanes of at least 4 members (excludes halogenated alkanes) is 10. The predicted octanol–water partition coefficient (Wildman–Crippen LogP) is 11.1. The first-order valence-corrected chi connectivity index (χ1v) is 15.1. The van der Waals surface area contributed by atoms with E-state index in [2.05, 4.69) is 62.4 Å². The zero-order valence-electron chi connectivity index (χ0n) is 22.9. The third-order valence-electron chi connectivity index (χ3n) is 8.15. The van der Waals surface area contributed by atoms with Crippen LogP contribution in [0.4, 0.5) is 0 Å². The van der Waals surface area contributed by atoms with Crippen LogP contribution in [0.25, 0.3) is 11.1 Å². The highest BCUT2D eigenvalue weighted by Crippen LogP contribution is 2.38. The predicted molar refractivity (Wildman–Crippen MR) is 153 cm³/mol. The lowest BCUT2D eigenvalue weighted by molar-refractivity contribution is 0.302. The quantitative estimate of drug-likeness (QED) is 0.206. The van der Waals surface area contributed by atoms with E-state index in [9.17, 15) is 0 Å². The normalized spacial score (nSPS) is 18.0. The summed E-state index contributed by atoms with van der Waals surface area (Å²) in [5.41, 5.74) is 4.14. The summed E-state index contributed by atoms with van der Waals surface area (Å²) in [6.45, 7) is 5.35. The molecule has 0 unspecified atom stereocenters. The van der Waals surface area contributed by atoms with Gasteiger partial charge in [0.05, 0.1) is 6.61 Å². The van der Waals surface area contributed by atoms with Gasteiger partial charge in [-0.25, -0.2) is 0 Å². The Hall–Kier alpha value is -1.76. The molecule has 0 radical (unpaired) electrons. The van der Waals surface area contributed by atoms with Gasteiger partial charge in [-0.05, 0) is 72.8 Å². The highest BCUT2D eigenvalue weighted by atomic mass is 16.5. The minimum atomic E-state index is 0.766. The van der Waals surface area contributed by atoms with E-state index >= 15 is 0 Å². The van der Waals surface area contributed by atoms with Gasteiger partial charge in [-0.15, -0.1) is 0 Å². The smallest absolute Gasteiger partial charge is 0.119 e. The van der Waals surface area contributed by atoms with Crippen LogP contribution in [0.2, 0.25) is 0 Å². The van der Waals surface area contributed by atoms with E-state index in [0.29, 0.717) is 0 Å². The molecule has 35 heavy (non-hydrogen) atoms. The zero-order valence-corrected chi connectivity index (χ0v) is 22.9. The van der Waals surface area contributed by atoms with E-state index in [1.807, 2.05) is 0 Å². The molecule has 1 saturated carbocycles. The zero-order chi connectivity index (χ0) is 24.6. The Morgan fingerprint density at radius 3 is 1.69 bits per heavy atom. The van der Waals surface area contributed by atoms with Gasteiger partial charge in [0, 0.05) is 0 Å². The Morgan fingerprint density at radius 1 is 0.571 bits per heavy atom. The van der Waals surface area contributed by atoms with Gasteiger partial charge in [0.15, 0.2) is 0 Å². The second-order valence-corrected chi connectivity index (χ2v) is 11.0. The van der Waals surface area contributed by atoms with Crippen molar-refractivity contribution in [3.05, 3.63) is 54.1 Å². The molecule has 0 heterocycles. The first-order chi connectivity index (χ1) is 17.3. The standard InChI is InChI=1S/C34H52O/c1-3-5-7-8-9-10-11-12-13-15-29-16-18-30(19-17-29)31-20-22-32(23-21-31)33-24-26-34(27-25-33)35-28-14-6-4-2/h20-27,29-30H,3-19,28H2,1-2H3. The maximum atomic E-state index is 5.86. The molecule has 0 saturated heterocycles. The maximum Gasteiger partial charge on any atom is 0.119 e. The third-order valence-corrected chi connectivity index (χ3v) is 8.15. The van der Waals surface area contributed by atoms with Gasteiger partial charge in [-0.3, -0.25) is 0 Å². The topological polar surface area (TPSA) is 9.23 Å². The minimum absolute atomic E-state index is 0.766. The van der Waals surface area contributed by atoms with E-state index in [1.165, 1.54) is 114 Å². The van der Waals surface area contributed by atoms with E-state index in [0.717, 1.165) is 30.6 Å². The Bertz CT molecular complexity index is 767. The Kier molecular flexibility index (Phi) is 13.4. The van der Waals surface area contributed by atoms with E-state index in [4.69, 9.17) is 4.74 Å². The van der Waals surface area contributed by atoms with Crippen molar-refractivity contribution in [2.24, 2.45) is 5.92 Å². The number of rotatable bonds is 17. The first kappa shape index (κ1) is 27.8. The molecule has 0 atom stereocenters. The molecule has 0 aromatic heterocycles. The number of ether oxygens (including phenoxy) is 1. The van der Waals surface area contributed by atoms with Crippen molar-refractivity contribution < 1.29 is 4.74 Å². The molecule has 2 aromatic rings. The van der Waals surface area contributed by atoms with Crippen LogP contribution in [0, 0.1) is 5.92 Å². The fourth-order valence-electron chi connectivity index (χ4n) is 5.76. The highest BCUT2D eigenvalue weighted by molar-refractivity contribution is 5.64. The van der Waals surface area contributed by atoms with Crippen LogP contribution in [-0.2, 0) is 0 Å². The molecule has 1 heteroatoms. The number of hydrogen-bond donors (Lipinski definition) is 0. The fraction of sp³-hybridized carbons (Fsp3) is 0.647. The van der Waals surface area contributed by atoms with Crippen LogP contribution in [0.3, 0.4) is 0 Å². The van der Waals surface area contributed by atoms with Crippen LogP contribution in [0.5, 0.6) is 5.75 Å². The molecule has 1 aliphatic carbocycles. The van der Waals surface area contributed by atoms with Crippen LogP contribution >= 0.6 is 0 Å². The molecule has 3 rings (SSSR count). The molecule has 194 valence electrons. The molecule has 0 aliphatic heterocycles. The highest BCUT2D eigenvalue weighted by Gasteiger charge is 2.22.